The zero-order valence-electron chi connectivity index (χ0n) is 9.96. The fraction of sp³-hybridized carbons (Fsp3) is 0.250. The van der Waals surface area contributed by atoms with Gasteiger partial charge in [0.15, 0.2) is 0 Å². The highest BCUT2D eigenvalue weighted by molar-refractivity contribution is 6.32. The molecule has 1 heterocycles. The first-order valence-electron chi connectivity index (χ1n) is 5.44. The molecule has 0 bridgehead atoms. The molecule has 18 heavy (non-hydrogen) atoms. The molecule has 0 unspecified atom stereocenters. The number of hydrogen-bond acceptors (Lipinski definition) is 3. The van der Waals surface area contributed by atoms with Crippen LogP contribution < -0.4 is 0 Å². The zero-order valence-corrected chi connectivity index (χ0v) is 10.7. The molecule has 0 saturated heterocycles. The van der Waals surface area contributed by atoms with Crippen molar-refractivity contribution in [3.8, 4) is 5.69 Å². The van der Waals surface area contributed by atoms with Crippen molar-refractivity contribution in [2.45, 2.75) is 19.8 Å². The van der Waals surface area contributed by atoms with Gasteiger partial charge in [0.2, 0.25) is 0 Å². The average molecular weight is 266 g/mol. The molecular formula is C12H12ClN3O2. The smallest absolute Gasteiger partial charge is 0.335 e. The zero-order chi connectivity index (χ0) is 13.3. The highest BCUT2D eigenvalue weighted by atomic mass is 35.5. The maximum absolute atomic E-state index is 11.0. The lowest BCUT2D eigenvalue weighted by Gasteiger charge is -2.11. The van der Waals surface area contributed by atoms with E-state index < -0.39 is 5.97 Å². The quantitative estimate of drug-likeness (QED) is 0.926. The fourth-order valence-electron chi connectivity index (χ4n) is 1.65. The first-order chi connectivity index (χ1) is 8.50. The van der Waals surface area contributed by atoms with Gasteiger partial charge in [0.1, 0.15) is 12.2 Å². The maximum atomic E-state index is 11.0. The summed E-state index contributed by atoms with van der Waals surface area (Å²) in [6.07, 6.45) is 1.53. The Morgan fingerprint density at radius 1 is 1.44 bits per heavy atom. The van der Waals surface area contributed by atoms with Crippen molar-refractivity contribution < 1.29 is 9.90 Å². The first kappa shape index (κ1) is 12.6. The number of halogens is 1. The predicted octanol–water partition coefficient (Wildman–Crippen LogP) is 2.74. The molecule has 0 fully saturated rings. The molecule has 1 aromatic heterocycles. The third-order valence-electron chi connectivity index (χ3n) is 2.54. The lowest BCUT2D eigenvalue weighted by Crippen LogP contribution is -2.05. The number of nitrogens with zero attached hydrogens (tertiary/aromatic N) is 3. The molecule has 6 heteroatoms. The normalized spacial score (nSPS) is 10.9. The van der Waals surface area contributed by atoms with Crippen LogP contribution in [0.3, 0.4) is 0 Å². The molecule has 1 N–H and O–H groups in total. The third-order valence-corrected chi connectivity index (χ3v) is 2.86. The highest BCUT2D eigenvalue weighted by Crippen LogP contribution is 2.25. The Bertz CT molecular complexity index is 593. The van der Waals surface area contributed by atoms with Crippen molar-refractivity contribution in [3.63, 3.8) is 0 Å². The molecule has 0 aliphatic carbocycles. The second kappa shape index (κ2) is 4.78. The number of benzene rings is 1. The number of hydrogen-bond donors (Lipinski definition) is 1. The van der Waals surface area contributed by atoms with Gasteiger partial charge in [0.25, 0.3) is 0 Å². The van der Waals surface area contributed by atoms with Crippen molar-refractivity contribution >= 4 is 17.6 Å². The van der Waals surface area contributed by atoms with E-state index >= 15 is 0 Å². The summed E-state index contributed by atoms with van der Waals surface area (Å²) in [6, 6.07) is 4.54. The van der Waals surface area contributed by atoms with Crippen LogP contribution in [0.25, 0.3) is 5.69 Å². The molecule has 0 saturated carbocycles. The van der Waals surface area contributed by atoms with Crippen molar-refractivity contribution in [2.75, 3.05) is 0 Å². The van der Waals surface area contributed by atoms with Crippen molar-refractivity contribution in [2.24, 2.45) is 0 Å². The molecule has 0 amide bonds. The Labute approximate surface area is 109 Å². The van der Waals surface area contributed by atoms with E-state index in [-0.39, 0.29) is 11.5 Å². The van der Waals surface area contributed by atoms with Gasteiger partial charge in [-0.05, 0) is 18.2 Å². The number of aromatic carboxylic acids is 1. The van der Waals surface area contributed by atoms with E-state index in [9.17, 15) is 4.79 Å². The summed E-state index contributed by atoms with van der Waals surface area (Å²) >= 11 is 6.10. The fourth-order valence-corrected chi connectivity index (χ4v) is 1.86. The lowest BCUT2D eigenvalue weighted by atomic mass is 10.1. The summed E-state index contributed by atoms with van der Waals surface area (Å²) in [5, 5.41) is 17.3. The van der Waals surface area contributed by atoms with E-state index in [2.05, 4.69) is 10.2 Å². The molecule has 0 radical (unpaired) electrons. The van der Waals surface area contributed by atoms with Crippen LogP contribution in [-0.4, -0.2) is 25.8 Å². The Morgan fingerprint density at radius 2 is 2.17 bits per heavy atom. The van der Waals surface area contributed by atoms with Gasteiger partial charge in [-0.1, -0.05) is 25.4 Å². The largest absolute Gasteiger partial charge is 0.478 e. The van der Waals surface area contributed by atoms with Gasteiger partial charge in [-0.3, -0.25) is 4.57 Å². The molecule has 1 aromatic carbocycles. The van der Waals surface area contributed by atoms with E-state index in [0.717, 1.165) is 5.82 Å². The van der Waals surface area contributed by atoms with Crippen LogP contribution in [0.5, 0.6) is 0 Å². The second-order valence-corrected chi connectivity index (χ2v) is 4.59. The summed E-state index contributed by atoms with van der Waals surface area (Å²) in [5.41, 5.74) is 0.753. The molecule has 0 atom stereocenters. The second-order valence-electron chi connectivity index (χ2n) is 4.19. The maximum Gasteiger partial charge on any atom is 0.335 e. The number of rotatable bonds is 3. The topological polar surface area (TPSA) is 68.0 Å². The van der Waals surface area contributed by atoms with Crippen LogP contribution in [0.2, 0.25) is 5.02 Å². The van der Waals surface area contributed by atoms with Gasteiger partial charge in [0.05, 0.1) is 16.3 Å². The van der Waals surface area contributed by atoms with Gasteiger partial charge >= 0.3 is 5.97 Å². The average Bonchev–Trinajstić information content (AvgIpc) is 2.78. The Balaban J connectivity index is 2.59. The molecule has 2 rings (SSSR count). The minimum Gasteiger partial charge on any atom is -0.478 e. The van der Waals surface area contributed by atoms with Gasteiger partial charge in [-0.15, -0.1) is 10.2 Å². The van der Waals surface area contributed by atoms with Crippen LogP contribution in [0, 0.1) is 0 Å². The summed E-state index contributed by atoms with van der Waals surface area (Å²) in [6.45, 7) is 3.96. The number of carboxylic acid groups (broad SMARTS) is 1. The Morgan fingerprint density at radius 3 is 2.78 bits per heavy atom. The summed E-state index contributed by atoms with van der Waals surface area (Å²) in [7, 11) is 0. The molecule has 2 aromatic rings. The van der Waals surface area contributed by atoms with E-state index in [1.54, 1.807) is 10.6 Å². The standard InChI is InChI=1S/C12H12ClN3O2/c1-7(2)11-15-14-6-16(11)10-5-8(12(17)18)3-4-9(10)13/h3-7H,1-2H3,(H,17,18). The van der Waals surface area contributed by atoms with Gasteiger partial charge < -0.3 is 5.11 Å². The Kier molecular flexibility index (Phi) is 3.34. The first-order valence-corrected chi connectivity index (χ1v) is 5.81. The van der Waals surface area contributed by atoms with E-state index in [0.29, 0.717) is 10.7 Å². The van der Waals surface area contributed by atoms with Crippen molar-refractivity contribution in [1.29, 1.82) is 0 Å². The molecule has 0 aliphatic rings. The predicted molar refractivity (Wildman–Crippen MR) is 67.4 cm³/mol. The van der Waals surface area contributed by atoms with Crippen molar-refractivity contribution in [3.05, 3.63) is 40.9 Å². The minimum atomic E-state index is -0.993. The van der Waals surface area contributed by atoms with Crippen LogP contribution >= 0.6 is 11.6 Å². The van der Waals surface area contributed by atoms with Crippen LogP contribution in [0.1, 0.15) is 35.9 Å². The SMILES string of the molecule is CC(C)c1nncn1-c1cc(C(=O)O)ccc1Cl. The molecule has 0 spiro atoms. The molecule has 0 aliphatic heterocycles. The number of carbonyl (C=O) groups is 1. The van der Waals surface area contributed by atoms with Gasteiger partial charge in [0, 0.05) is 5.92 Å². The van der Waals surface area contributed by atoms with Crippen molar-refractivity contribution in [1.82, 2.24) is 14.8 Å². The van der Waals surface area contributed by atoms with Gasteiger partial charge in [-0.25, -0.2) is 4.79 Å². The molecule has 5 nitrogen and oxygen atoms in total. The van der Waals surface area contributed by atoms with E-state index in [4.69, 9.17) is 16.7 Å². The van der Waals surface area contributed by atoms with Crippen LogP contribution in [0.4, 0.5) is 0 Å². The van der Waals surface area contributed by atoms with Gasteiger partial charge in [-0.2, -0.15) is 0 Å². The number of carboxylic acids is 1. The van der Waals surface area contributed by atoms with Crippen LogP contribution in [0.15, 0.2) is 24.5 Å². The molecular weight excluding hydrogens is 254 g/mol. The number of aromatic nitrogens is 3. The molecule has 94 valence electrons. The van der Waals surface area contributed by atoms with E-state index in [1.165, 1.54) is 18.5 Å². The monoisotopic (exact) mass is 265 g/mol. The minimum absolute atomic E-state index is 0.164. The Hall–Kier alpha value is -1.88. The third kappa shape index (κ3) is 2.22. The van der Waals surface area contributed by atoms with Crippen LogP contribution in [-0.2, 0) is 0 Å². The summed E-state index contributed by atoms with van der Waals surface area (Å²) in [5.74, 6) is -0.0939. The summed E-state index contributed by atoms with van der Waals surface area (Å²) < 4.78 is 1.71. The van der Waals surface area contributed by atoms with E-state index in [1.807, 2.05) is 13.8 Å². The summed E-state index contributed by atoms with van der Waals surface area (Å²) in [4.78, 5) is 11.0. The lowest BCUT2D eigenvalue weighted by molar-refractivity contribution is 0.0697. The highest BCUT2D eigenvalue weighted by Gasteiger charge is 2.14.